The number of hydrogen-bond donors (Lipinski definition) is 1. The van der Waals surface area contributed by atoms with Crippen LogP contribution in [0.5, 0.6) is 0 Å². The molecular formula is C15H23O2P. The number of benzene rings is 1. The molecule has 1 atom stereocenters. The standard InChI is InChI=1S/C15H23O2P/c1-2-3-10-15(11-4-5-12-15)13-6-8-14(9-7-13)18(16)17/h6-9,18H,2-5,10-12H2,1H3,(H,16,17). The van der Waals surface area contributed by atoms with Gasteiger partial charge in [-0.25, -0.2) is 0 Å². The first-order valence-corrected chi connectivity index (χ1v) is 8.37. The fourth-order valence-electron chi connectivity index (χ4n) is 3.22. The zero-order valence-corrected chi connectivity index (χ0v) is 12.1. The predicted octanol–water partition coefficient (Wildman–Crippen LogP) is 3.78. The SMILES string of the molecule is CCCCC1(c2ccc([PH](=O)O)cc2)CCCC1. The van der Waals surface area contributed by atoms with E-state index in [1.165, 1.54) is 50.5 Å². The van der Waals surface area contributed by atoms with Gasteiger partial charge in [-0.05, 0) is 42.4 Å². The van der Waals surface area contributed by atoms with Gasteiger partial charge in [-0.2, -0.15) is 0 Å². The van der Waals surface area contributed by atoms with Crippen LogP contribution in [0.15, 0.2) is 24.3 Å². The van der Waals surface area contributed by atoms with E-state index in [0.29, 0.717) is 10.7 Å². The molecule has 1 aliphatic carbocycles. The molecule has 0 radical (unpaired) electrons. The lowest BCUT2D eigenvalue weighted by Crippen LogP contribution is -2.22. The van der Waals surface area contributed by atoms with Crippen LogP contribution in [-0.2, 0) is 9.98 Å². The van der Waals surface area contributed by atoms with Gasteiger partial charge in [0, 0.05) is 5.30 Å². The molecule has 0 bridgehead atoms. The van der Waals surface area contributed by atoms with Crippen LogP contribution in [-0.4, -0.2) is 4.89 Å². The van der Waals surface area contributed by atoms with Gasteiger partial charge in [-0.1, -0.05) is 44.7 Å². The van der Waals surface area contributed by atoms with Crippen molar-refractivity contribution < 1.29 is 9.46 Å². The van der Waals surface area contributed by atoms with E-state index in [2.05, 4.69) is 19.1 Å². The molecule has 2 rings (SSSR count). The zero-order valence-electron chi connectivity index (χ0n) is 11.1. The van der Waals surface area contributed by atoms with Crippen LogP contribution in [0.25, 0.3) is 0 Å². The highest BCUT2D eigenvalue weighted by Gasteiger charge is 2.34. The second kappa shape index (κ2) is 6.04. The van der Waals surface area contributed by atoms with Crippen molar-refractivity contribution in [1.82, 2.24) is 0 Å². The maximum absolute atomic E-state index is 11.1. The molecular weight excluding hydrogens is 243 g/mol. The smallest absolute Gasteiger partial charge is 0.218 e. The highest BCUT2D eigenvalue weighted by molar-refractivity contribution is 7.47. The molecule has 2 nitrogen and oxygen atoms in total. The molecule has 1 unspecified atom stereocenters. The predicted molar refractivity (Wildman–Crippen MR) is 77.0 cm³/mol. The molecule has 18 heavy (non-hydrogen) atoms. The van der Waals surface area contributed by atoms with Crippen molar-refractivity contribution in [2.45, 2.75) is 57.3 Å². The Morgan fingerprint density at radius 2 is 1.83 bits per heavy atom. The van der Waals surface area contributed by atoms with Crippen LogP contribution in [0.4, 0.5) is 0 Å². The Hall–Kier alpha value is -0.590. The van der Waals surface area contributed by atoms with E-state index < -0.39 is 8.03 Å². The molecule has 0 amide bonds. The summed E-state index contributed by atoms with van der Waals surface area (Å²) >= 11 is 0. The quantitative estimate of drug-likeness (QED) is 0.823. The third-order valence-electron chi connectivity index (χ3n) is 4.31. The summed E-state index contributed by atoms with van der Waals surface area (Å²) in [6.07, 6.45) is 8.98. The Balaban J connectivity index is 2.22. The van der Waals surface area contributed by atoms with Crippen molar-refractivity contribution in [2.24, 2.45) is 0 Å². The average molecular weight is 266 g/mol. The first-order valence-electron chi connectivity index (χ1n) is 7.02. The maximum Gasteiger partial charge on any atom is 0.218 e. The first-order chi connectivity index (χ1) is 8.68. The second-order valence-corrected chi connectivity index (χ2v) is 6.66. The Labute approximate surface area is 110 Å². The summed E-state index contributed by atoms with van der Waals surface area (Å²) in [5.74, 6) is 0. The van der Waals surface area contributed by atoms with Crippen LogP contribution in [0, 0.1) is 0 Å². The Bertz CT molecular complexity index is 405. The summed E-state index contributed by atoms with van der Waals surface area (Å²) in [6, 6.07) is 7.83. The summed E-state index contributed by atoms with van der Waals surface area (Å²) in [7, 11) is -2.54. The number of rotatable bonds is 5. The van der Waals surface area contributed by atoms with Gasteiger partial charge in [0.15, 0.2) is 0 Å². The maximum atomic E-state index is 11.1. The van der Waals surface area contributed by atoms with Crippen LogP contribution >= 0.6 is 8.03 Å². The van der Waals surface area contributed by atoms with Crippen molar-refractivity contribution >= 4 is 13.3 Å². The third kappa shape index (κ3) is 2.87. The lowest BCUT2D eigenvalue weighted by molar-refractivity contribution is 0.391. The average Bonchev–Trinajstić information content (AvgIpc) is 2.86. The zero-order chi connectivity index (χ0) is 13.0. The van der Waals surface area contributed by atoms with E-state index in [0.717, 1.165) is 0 Å². The van der Waals surface area contributed by atoms with Gasteiger partial charge >= 0.3 is 0 Å². The van der Waals surface area contributed by atoms with Crippen molar-refractivity contribution in [3.8, 4) is 0 Å². The van der Waals surface area contributed by atoms with E-state index in [-0.39, 0.29) is 0 Å². The minimum absolute atomic E-state index is 0.347. The fourth-order valence-corrected chi connectivity index (χ4v) is 3.67. The van der Waals surface area contributed by atoms with E-state index in [1.807, 2.05) is 12.1 Å². The Morgan fingerprint density at radius 3 is 2.33 bits per heavy atom. The lowest BCUT2D eigenvalue weighted by atomic mass is 9.75. The van der Waals surface area contributed by atoms with Crippen molar-refractivity contribution in [1.29, 1.82) is 0 Å². The van der Waals surface area contributed by atoms with Crippen LogP contribution in [0.2, 0.25) is 0 Å². The van der Waals surface area contributed by atoms with Gasteiger partial charge < -0.3 is 4.89 Å². The molecule has 1 N–H and O–H groups in total. The molecule has 0 spiro atoms. The van der Waals surface area contributed by atoms with Gasteiger partial charge in [0.2, 0.25) is 8.03 Å². The third-order valence-corrected chi connectivity index (χ3v) is 5.14. The summed E-state index contributed by atoms with van der Waals surface area (Å²) in [6.45, 7) is 2.24. The molecule has 1 fully saturated rings. The molecule has 1 aliphatic rings. The van der Waals surface area contributed by atoms with Gasteiger partial charge in [0.25, 0.3) is 0 Å². The molecule has 1 aromatic carbocycles. The van der Waals surface area contributed by atoms with Crippen molar-refractivity contribution in [3.05, 3.63) is 29.8 Å². The first kappa shape index (κ1) is 13.8. The van der Waals surface area contributed by atoms with Crippen LogP contribution < -0.4 is 5.30 Å². The van der Waals surface area contributed by atoms with Crippen LogP contribution in [0.1, 0.15) is 57.4 Å². The molecule has 0 saturated heterocycles. The largest absolute Gasteiger partial charge is 0.343 e. The van der Waals surface area contributed by atoms with Gasteiger partial charge in [0.05, 0.1) is 0 Å². The minimum atomic E-state index is -2.54. The minimum Gasteiger partial charge on any atom is -0.343 e. The van der Waals surface area contributed by atoms with E-state index in [4.69, 9.17) is 4.89 Å². The van der Waals surface area contributed by atoms with Crippen molar-refractivity contribution in [3.63, 3.8) is 0 Å². The number of unbranched alkanes of at least 4 members (excludes halogenated alkanes) is 1. The molecule has 0 aliphatic heterocycles. The summed E-state index contributed by atoms with van der Waals surface area (Å²) in [5.41, 5.74) is 1.72. The lowest BCUT2D eigenvalue weighted by Gasteiger charge is -2.30. The van der Waals surface area contributed by atoms with E-state index in [1.54, 1.807) is 0 Å². The molecule has 0 heterocycles. The normalized spacial score (nSPS) is 19.9. The molecule has 0 aromatic heterocycles. The Kier molecular flexibility index (Phi) is 4.64. The highest BCUT2D eigenvalue weighted by Crippen LogP contribution is 2.44. The summed E-state index contributed by atoms with van der Waals surface area (Å²) < 4.78 is 11.1. The topological polar surface area (TPSA) is 37.3 Å². The second-order valence-electron chi connectivity index (χ2n) is 5.47. The fraction of sp³-hybridized carbons (Fsp3) is 0.600. The van der Waals surface area contributed by atoms with E-state index >= 15 is 0 Å². The van der Waals surface area contributed by atoms with Gasteiger partial charge in [-0.3, -0.25) is 4.57 Å². The molecule has 1 saturated carbocycles. The summed E-state index contributed by atoms with van der Waals surface area (Å²) in [4.78, 5) is 9.13. The molecule has 1 aromatic rings. The van der Waals surface area contributed by atoms with Crippen molar-refractivity contribution in [2.75, 3.05) is 0 Å². The van der Waals surface area contributed by atoms with Crippen LogP contribution in [0.3, 0.4) is 0 Å². The van der Waals surface area contributed by atoms with Gasteiger partial charge in [0.1, 0.15) is 0 Å². The monoisotopic (exact) mass is 266 g/mol. The molecule has 100 valence electrons. The number of hydrogen-bond acceptors (Lipinski definition) is 1. The highest BCUT2D eigenvalue weighted by atomic mass is 31.1. The van der Waals surface area contributed by atoms with E-state index in [9.17, 15) is 4.57 Å². The molecule has 3 heteroatoms. The Morgan fingerprint density at radius 1 is 1.22 bits per heavy atom. The van der Waals surface area contributed by atoms with Gasteiger partial charge in [-0.15, -0.1) is 0 Å². The summed E-state index contributed by atoms with van der Waals surface area (Å²) in [5, 5.41) is 0.576.